The molecule has 7 nitrogen and oxygen atoms in total. The zero-order chi connectivity index (χ0) is 31.4. The predicted molar refractivity (Wildman–Crippen MR) is 177 cm³/mol. The molecule has 0 N–H and O–H groups in total. The summed E-state index contributed by atoms with van der Waals surface area (Å²) in [7, 11) is 0.253. The SMILES string of the molecule is CCCCC1(CCCC)CS(=O)(=O)c2ccc(N(C)C)cc2[C@@H](c2ccc(OCCCC[N+]34CCN(CC3)CC4)cc2)[C@H]1[O-]. The Balaban J connectivity index is 1.37. The first-order chi connectivity index (χ1) is 21.1. The number of anilines is 1. The number of sulfone groups is 1. The second-order valence-corrected chi connectivity index (χ2v) is 16.0. The van der Waals surface area contributed by atoms with E-state index in [1.165, 1.54) is 56.7 Å². The first kappa shape index (κ1) is 33.2. The maximum atomic E-state index is 14.9. The first-order valence-corrected chi connectivity index (χ1v) is 18.8. The smallest absolute Gasteiger partial charge is 0.179 e. The molecule has 3 fully saturated rings. The van der Waals surface area contributed by atoms with E-state index < -0.39 is 27.3 Å². The fourth-order valence-corrected chi connectivity index (χ4v) is 10.1. The van der Waals surface area contributed by atoms with Gasteiger partial charge in [-0.3, -0.25) is 4.90 Å². The van der Waals surface area contributed by atoms with Crippen molar-refractivity contribution in [2.75, 3.05) is 77.2 Å². The normalized spacial score (nSPS) is 27.0. The third-order valence-electron chi connectivity index (χ3n) is 10.8. The maximum Gasteiger partial charge on any atom is 0.179 e. The standard InChI is InChI=1S/C36H55N3O4S/c1-5-7-17-36(18-8-6-2)28-44(41,42)33-16-13-30(37(3)4)27-32(33)34(35(36)40)29-11-14-31(15-12-29)43-26-10-9-22-39-23-19-38(20-24-39)21-25-39/h11-16,27,34-35H,5-10,17-26,28H2,1-4H3/t34-,35-/m1/s1. The summed E-state index contributed by atoms with van der Waals surface area (Å²) in [6, 6.07) is 13.5. The molecule has 3 saturated heterocycles. The molecule has 6 rings (SSSR count). The summed E-state index contributed by atoms with van der Waals surface area (Å²) in [4.78, 5) is 4.89. The van der Waals surface area contributed by atoms with Crippen LogP contribution in [0.1, 0.15) is 82.3 Å². The van der Waals surface area contributed by atoms with Crippen LogP contribution in [-0.2, 0) is 9.84 Å². The average molecular weight is 626 g/mol. The summed E-state index contributed by atoms with van der Waals surface area (Å²) in [6.07, 6.45) is 6.01. The van der Waals surface area contributed by atoms with Crippen LogP contribution in [0.15, 0.2) is 47.4 Å². The minimum absolute atomic E-state index is 0.0710. The molecule has 244 valence electrons. The van der Waals surface area contributed by atoms with Gasteiger partial charge in [-0.1, -0.05) is 51.7 Å². The Hall–Kier alpha value is -2.13. The molecule has 0 radical (unpaired) electrons. The fraction of sp³-hybridized carbons (Fsp3) is 0.667. The highest BCUT2D eigenvalue weighted by Gasteiger charge is 2.45. The van der Waals surface area contributed by atoms with Gasteiger partial charge in [-0.15, -0.1) is 6.10 Å². The fourth-order valence-electron chi connectivity index (χ4n) is 7.94. The van der Waals surface area contributed by atoms with E-state index in [2.05, 4.69) is 18.7 Å². The molecule has 44 heavy (non-hydrogen) atoms. The molecule has 4 aliphatic rings. The monoisotopic (exact) mass is 625 g/mol. The lowest BCUT2D eigenvalue weighted by molar-refractivity contribution is -0.941. The Bertz CT molecular complexity index is 1310. The highest BCUT2D eigenvalue weighted by atomic mass is 32.2. The lowest BCUT2D eigenvalue weighted by Gasteiger charge is -2.50. The molecule has 0 amide bonds. The van der Waals surface area contributed by atoms with Crippen LogP contribution in [0.5, 0.6) is 5.75 Å². The molecule has 8 heteroatoms. The van der Waals surface area contributed by atoms with Crippen LogP contribution in [0, 0.1) is 5.41 Å². The van der Waals surface area contributed by atoms with Gasteiger partial charge in [0.15, 0.2) is 9.84 Å². The minimum atomic E-state index is -3.65. The highest BCUT2D eigenvalue weighted by molar-refractivity contribution is 7.91. The van der Waals surface area contributed by atoms with E-state index in [1.807, 2.05) is 55.4 Å². The van der Waals surface area contributed by atoms with Gasteiger partial charge in [-0.25, -0.2) is 8.42 Å². The van der Waals surface area contributed by atoms with Crippen LogP contribution in [0.25, 0.3) is 0 Å². The highest BCUT2D eigenvalue weighted by Crippen LogP contribution is 2.49. The number of unbranched alkanes of at least 4 members (excludes halogenated alkanes) is 3. The van der Waals surface area contributed by atoms with Gasteiger partial charge in [-0.05, 0) is 78.5 Å². The van der Waals surface area contributed by atoms with Gasteiger partial charge >= 0.3 is 0 Å². The van der Waals surface area contributed by atoms with E-state index in [0.717, 1.165) is 49.1 Å². The maximum absolute atomic E-state index is 14.9. The van der Waals surface area contributed by atoms with Gasteiger partial charge in [0.05, 0.1) is 43.4 Å². The zero-order valence-electron chi connectivity index (χ0n) is 27.6. The van der Waals surface area contributed by atoms with Gasteiger partial charge in [-0.2, -0.15) is 0 Å². The van der Waals surface area contributed by atoms with Crippen LogP contribution < -0.4 is 14.7 Å². The van der Waals surface area contributed by atoms with Crippen molar-refractivity contribution in [3.05, 3.63) is 53.6 Å². The number of rotatable bonds is 14. The van der Waals surface area contributed by atoms with Gasteiger partial charge in [0, 0.05) is 39.4 Å². The van der Waals surface area contributed by atoms with E-state index in [-0.39, 0.29) is 5.75 Å². The van der Waals surface area contributed by atoms with E-state index in [4.69, 9.17) is 4.74 Å². The lowest BCUT2D eigenvalue weighted by Crippen LogP contribution is -2.67. The molecule has 0 saturated carbocycles. The molecule has 0 spiro atoms. The van der Waals surface area contributed by atoms with E-state index in [1.54, 1.807) is 6.07 Å². The largest absolute Gasteiger partial charge is 0.851 e. The Morgan fingerprint density at radius 3 is 2.16 bits per heavy atom. The van der Waals surface area contributed by atoms with Crippen molar-refractivity contribution >= 4 is 15.5 Å². The zero-order valence-corrected chi connectivity index (χ0v) is 28.4. The van der Waals surface area contributed by atoms with E-state index in [9.17, 15) is 13.5 Å². The van der Waals surface area contributed by atoms with Crippen molar-refractivity contribution in [1.82, 2.24) is 4.90 Å². The molecule has 2 aromatic carbocycles. The lowest BCUT2D eigenvalue weighted by atomic mass is 9.68. The molecular weight excluding hydrogens is 570 g/mol. The molecule has 0 aliphatic carbocycles. The van der Waals surface area contributed by atoms with Crippen molar-refractivity contribution in [2.45, 2.75) is 82.1 Å². The Morgan fingerprint density at radius 1 is 0.932 bits per heavy atom. The summed E-state index contributed by atoms with van der Waals surface area (Å²) < 4.78 is 35.5. The molecule has 2 bridgehead atoms. The van der Waals surface area contributed by atoms with Crippen molar-refractivity contribution in [2.24, 2.45) is 5.41 Å². The molecule has 0 unspecified atom stereocenters. The molecule has 0 aromatic heterocycles. The minimum Gasteiger partial charge on any atom is -0.851 e. The number of hydrogen-bond acceptors (Lipinski definition) is 6. The third-order valence-corrected chi connectivity index (χ3v) is 12.8. The summed E-state index contributed by atoms with van der Waals surface area (Å²) in [5, 5.41) is 14.9. The van der Waals surface area contributed by atoms with Crippen molar-refractivity contribution < 1.29 is 22.7 Å². The summed E-state index contributed by atoms with van der Waals surface area (Å²) in [5.41, 5.74) is 1.62. The quantitative estimate of drug-likeness (QED) is 0.216. The molecule has 4 aliphatic heterocycles. The number of ether oxygens (including phenoxy) is 1. The van der Waals surface area contributed by atoms with Gasteiger partial charge < -0.3 is 19.2 Å². The topological polar surface area (TPSA) is 72.9 Å². The Kier molecular flexibility index (Phi) is 10.7. The van der Waals surface area contributed by atoms with Crippen LogP contribution >= 0.6 is 0 Å². The molecule has 2 atom stereocenters. The second-order valence-electron chi connectivity index (χ2n) is 14.0. The Labute approximate surface area is 266 Å². The number of hydrogen-bond donors (Lipinski definition) is 0. The Morgan fingerprint density at radius 2 is 1.57 bits per heavy atom. The van der Waals surface area contributed by atoms with Crippen LogP contribution in [0.4, 0.5) is 5.69 Å². The third kappa shape index (κ3) is 7.14. The van der Waals surface area contributed by atoms with Crippen LogP contribution in [-0.4, -0.2) is 96.2 Å². The van der Waals surface area contributed by atoms with Crippen molar-refractivity contribution in [3.63, 3.8) is 0 Å². The predicted octanol–water partition coefficient (Wildman–Crippen LogP) is 5.07. The first-order valence-electron chi connectivity index (χ1n) is 17.1. The summed E-state index contributed by atoms with van der Waals surface area (Å²) in [6.45, 7) is 13.8. The van der Waals surface area contributed by atoms with Gasteiger partial charge in [0.25, 0.3) is 0 Å². The van der Waals surface area contributed by atoms with E-state index >= 15 is 0 Å². The number of benzene rings is 2. The van der Waals surface area contributed by atoms with Crippen molar-refractivity contribution in [1.29, 1.82) is 0 Å². The number of fused-ring (bicyclic) bond motifs is 4. The van der Waals surface area contributed by atoms with E-state index in [0.29, 0.717) is 29.9 Å². The van der Waals surface area contributed by atoms with Gasteiger partial charge in [0.1, 0.15) is 5.75 Å². The average Bonchev–Trinajstić information content (AvgIpc) is 3.10. The number of nitrogens with zero attached hydrogens (tertiary/aromatic N) is 3. The van der Waals surface area contributed by atoms with Crippen molar-refractivity contribution in [3.8, 4) is 5.75 Å². The van der Waals surface area contributed by atoms with Crippen LogP contribution in [0.2, 0.25) is 0 Å². The van der Waals surface area contributed by atoms with Gasteiger partial charge in [0.2, 0.25) is 0 Å². The number of piperazine rings is 3. The van der Waals surface area contributed by atoms with Crippen LogP contribution in [0.3, 0.4) is 0 Å². The summed E-state index contributed by atoms with van der Waals surface area (Å²) >= 11 is 0. The second kappa shape index (κ2) is 14.1. The molecule has 2 aromatic rings. The summed E-state index contributed by atoms with van der Waals surface area (Å²) in [5.74, 6) is 0.184. The molecule has 4 heterocycles. The number of quaternary nitrogens is 1. The molecular formula is C36H55N3O4S.